The first-order chi connectivity index (χ1) is 11.5. The van der Waals surface area contributed by atoms with E-state index in [0.29, 0.717) is 13.0 Å². The summed E-state index contributed by atoms with van der Waals surface area (Å²) in [6.07, 6.45) is 1.64. The van der Waals surface area contributed by atoms with E-state index in [0.717, 1.165) is 0 Å². The van der Waals surface area contributed by atoms with Crippen molar-refractivity contribution in [3.05, 3.63) is 12.7 Å². The van der Waals surface area contributed by atoms with Gasteiger partial charge in [-0.25, -0.2) is 9.59 Å². The molecule has 0 aromatic carbocycles. The summed E-state index contributed by atoms with van der Waals surface area (Å²) in [5.74, 6) is -1.12. The van der Waals surface area contributed by atoms with E-state index in [1.165, 1.54) is 12.0 Å². The topological polar surface area (TPSA) is 84.9 Å². The highest BCUT2D eigenvalue weighted by molar-refractivity contribution is 5.90. The molecule has 1 heterocycles. The quantitative estimate of drug-likeness (QED) is 0.604. The van der Waals surface area contributed by atoms with Gasteiger partial charge < -0.3 is 19.7 Å². The third-order valence-corrected chi connectivity index (χ3v) is 4.08. The van der Waals surface area contributed by atoms with Gasteiger partial charge >= 0.3 is 12.1 Å². The van der Waals surface area contributed by atoms with E-state index < -0.39 is 29.7 Å². The highest BCUT2D eigenvalue weighted by Crippen LogP contribution is 2.27. The summed E-state index contributed by atoms with van der Waals surface area (Å²) in [7, 11) is 1.29. The van der Waals surface area contributed by atoms with Gasteiger partial charge in [-0.2, -0.15) is 0 Å². The van der Waals surface area contributed by atoms with Gasteiger partial charge in [-0.15, -0.1) is 6.58 Å². The standard InChI is InChI=1S/C18H30N2O5/c1-8-12-9-10-20(14(12)16(22)24-7)15(21)13(11(2)3)19-17(23)25-18(4,5)6/h8,11-14H,1,9-10H2,2-7H3,(H,19,23)/t12-,13-,14-/m0/s1. The minimum absolute atomic E-state index is 0.161. The van der Waals surface area contributed by atoms with Crippen molar-refractivity contribution in [3.63, 3.8) is 0 Å². The molecule has 1 fully saturated rings. The molecule has 142 valence electrons. The number of rotatable bonds is 5. The van der Waals surface area contributed by atoms with Crippen LogP contribution >= 0.6 is 0 Å². The Bertz CT molecular complexity index is 524. The number of carbonyl (C=O) groups excluding carboxylic acids is 3. The summed E-state index contributed by atoms with van der Waals surface area (Å²) < 4.78 is 10.1. The second-order valence-electron chi connectivity index (χ2n) is 7.56. The van der Waals surface area contributed by atoms with Gasteiger partial charge in [0.15, 0.2) is 0 Å². The summed E-state index contributed by atoms with van der Waals surface area (Å²) in [6.45, 7) is 13.1. The predicted molar refractivity (Wildman–Crippen MR) is 93.8 cm³/mol. The van der Waals surface area contributed by atoms with Crippen LogP contribution in [0, 0.1) is 11.8 Å². The van der Waals surface area contributed by atoms with Crippen LogP contribution in [0.1, 0.15) is 41.0 Å². The summed E-state index contributed by atoms with van der Waals surface area (Å²) in [5.41, 5.74) is -0.662. The zero-order chi connectivity index (χ0) is 19.4. The molecular weight excluding hydrogens is 324 g/mol. The molecule has 7 nitrogen and oxygen atoms in total. The van der Waals surface area contributed by atoms with Gasteiger partial charge in [0.1, 0.15) is 17.7 Å². The van der Waals surface area contributed by atoms with Crippen LogP contribution in [0.2, 0.25) is 0 Å². The first-order valence-electron chi connectivity index (χ1n) is 8.52. The van der Waals surface area contributed by atoms with E-state index in [9.17, 15) is 14.4 Å². The van der Waals surface area contributed by atoms with Crippen molar-refractivity contribution in [3.8, 4) is 0 Å². The first-order valence-corrected chi connectivity index (χ1v) is 8.52. The number of ether oxygens (including phenoxy) is 2. The summed E-state index contributed by atoms with van der Waals surface area (Å²) in [6, 6.07) is -1.50. The van der Waals surface area contributed by atoms with Gasteiger partial charge in [-0.1, -0.05) is 19.9 Å². The molecule has 3 atom stereocenters. The lowest BCUT2D eigenvalue weighted by molar-refractivity contribution is -0.152. The molecule has 1 N–H and O–H groups in total. The Morgan fingerprint density at radius 1 is 1.28 bits per heavy atom. The molecule has 0 unspecified atom stereocenters. The molecule has 7 heteroatoms. The minimum Gasteiger partial charge on any atom is -0.467 e. The Balaban J connectivity index is 2.96. The van der Waals surface area contributed by atoms with Crippen LogP contribution in [-0.2, 0) is 19.1 Å². The number of nitrogens with zero attached hydrogens (tertiary/aromatic N) is 1. The fraction of sp³-hybridized carbons (Fsp3) is 0.722. The van der Waals surface area contributed by atoms with Crippen molar-refractivity contribution in [1.82, 2.24) is 10.2 Å². The van der Waals surface area contributed by atoms with E-state index in [1.807, 2.05) is 13.8 Å². The third kappa shape index (κ3) is 5.47. The lowest BCUT2D eigenvalue weighted by atomic mass is 9.99. The highest BCUT2D eigenvalue weighted by atomic mass is 16.6. The van der Waals surface area contributed by atoms with Crippen molar-refractivity contribution >= 4 is 18.0 Å². The second kappa shape index (κ2) is 8.36. The average Bonchev–Trinajstić information content (AvgIpc) is 2.93. The van der Waals surface area contributed by atoms with Crippen LogP contribution in [0.5, 0.6) is 0 Å². The van der Waals surface area contributed by atoms with Crippen molar-refractivity contribution < 1.29 is 23.9 Å². The van der Waals surface area contributed by atoms with Crippen molar-refractivity contribution in [1.29, 1.82) is 0 Å². The molecule has 0 aromatic heterocycles. The van der Waals surface area contributed by atoms with Gasteiger partial charge in [-0.3, -0.25) is 4.79 Å². The monoisotopic (exact) mass is 354 g/mol. The van der Waals surface area contributed by atoms with Crippen LogP contribution in [0.4, 0.5) is 4.79 Å². The van der Waals surface area contributed by atoms with E-state index in [4.69, 9.17) is 9.47 Å². The van der Waals surface area contributed by atoms with E-state index in [-0.39, 0.29) is 17.7 Å². The Kier molecular flexibility index (Phi) is 7.02. The molecule has 0 radical (unpaired) electrons. The number of amides is 2. The number of hydrogen-bond acceptors (Lipinski definition) is 5. The van der Waals surface area contributed by atoms with Crippen molar-refractivity contribution in [2.24, 2.45) is 11.8 Å². The number of methoxy groups -OCH3 is 1. The Morgan fingerprint density at radius 3 is 2.32 bits per heavy atom. The molecule has 1 saturated heterocycles. The lowest BCUT2D eigenvalue weighted by Crippen LogP contribution is -2.55. The molecule has 0 spiro atoms. The molecule has 25 heavy (non-hydrogen) atoms. The maximum Gasteiger partial charge on any atom is 0.408 e. The SMILES string of the molecule is C=C[C@H]1CCN(C(=O)[C@@H](NC(=O)OC(C)(C)C)C(C)C)[C@@H]1C(=O)OC. The third-order valence-electron chi connectivity index (χ3n) is 4.08. The maximum absolute atomic E-state index is 13.0. The fourth-order valence-corrected chi connectivity index (χ4v) is 2.86. The molecule has 1 aliphatic heterocycles. The van der Waals surface area contributed by atoms with Crippen LogP contribution in [0.3, 0.4) is 0 Å². The van der Waals surface area contributed by atoms with E-state index >= 15 is 0 Å². The van der Waals surface area contributed by atoms with Crippen LogP contribution in [0.15, 0.2) is 12.7 Å². The molecule has 0 aliphatic carbocycles. The molecule has 0 saturated carbocycles. The summed E-state index contributed by atoms with van der Waals surface area (Å²) in [5, 5.41) is 2.63. The average molecular weight is 354 g/mol. The number of carbonyl (C=O) groups is 3. The summed E-state index contributed by atoms with van der Waals surface area (Å²) in [4.78, 5) is 38.7. The Morgan fingerprint density at radius 2 is 1.88 bits per heavy atom. The Hall–Kier alpha value is -2.05. The van der Waals surface area contributed by atoms with Gasteiger partial charge in [0, 0.05) is 12.5 Å². The molecule has 0 bridgehead atoms. The van der Waals surface area contributed by atoms with Crippen molar-refractivity contribution in [2.75, 3.05) is 13.7 Å². The normalized spacial score (nSPS) is 21.6. The zero-order valence-electron chi connectivity index (χ0n) is 16.0. The number of likely N-dealkylation sites (tertiary alicyclic amines) is 1. The molecule has 0 aromatic rings. The fourth-order valence-electron chi connectivity index (χ4n) is 2.86. The predicted octanol–water partition coefficient (Wildman–Crippen LogP) is 2.11. The van der Waals surface area contributed by atoms with Gasteiger partial charge in [0.25, 0.3) is 0 Å². The summed E-state index contributed by atoms with van der Waals surface area (Å²) >= 11 is 0. The van der Waals surface area contributed by atoms with Crippen LogP contribution in [-0.4, -0.2) is 54.2 Å². The van der Waals surface area contributed by atoms with E-state index in [1.54, 1.807) is 26.8 Å². The Labute approximate surface area is 149 Å². The van der Waals surface area contributed by atoms with E-state index in [2.05, 4.69) is 11.9 Å². The number of hydrogen-bond donors (Lipinski definition) is 1. The lowest BCUT2D eigenvalue weighted by Gasteiger charge is -2.31. The van der Waals surface area contributed by atoms with Gasteiger partial charge in [0.05, 0.1) is 7.11 Å². The van der Waals surface area contributed by atoms with Crippen LogP contribution in [0.25, 0.3) is 0 Å². The maximum atomic E-state index is 13.0. The van der Waals surface area contributed by atoms with Gasteiger partial charge in [-0.05, 0) is 33.1 Å². The second-order valence-corrected chi connectivity index (χ2v) is 7.56. The molecule has 2 amide bonds. The van der Waals surface area contributed by atoms with Crippen molar-refractivity contribution in [2.45, 2.75) is 58.7 Å². The zero-order valence-corrected chi connectivity index (χ0v) is 16.0. The smallest absolute Gasteiger partial charge is 0.408 e. The number of nitrogens with one attached hydrogen (secondary N) is 1. The number of alkyl carbamates (subject to hydrolysis) is 1. The first kappa shape index (κ1) is 21.0. The van der Waals surface area contributed by atoms with Gasteiger partial charge in [0.2, 0.25) is 5.91 Å². The molecular formula is C18H30N2O5. The minimum atomic E-state index is -0.787. The van der Waals surface area contributed by atoms with Crippen LogP contribution < -0.4 is 5.32 Å². The largest absolute Gasteiger partial charge is 0.467 e. The highest BCUT2D eigenvalue weighted by Gasteiger charge is 2.44. The molecule has 1 rings (SSSR count). The molecule has 1 aliphatic rings. The number of esters is 1.